The number of aromatic nitrogens is 3. The van der Waals surface area contributed by atoms with Crippen molar-refractivity contribution in [1.29, 1.82) is 0 Å². The number of carbonyl (C=O) groups excluding carboxylic acids is 1. The molecule has 0 saturated carbocycles. The first-order valence-electron chi connectivity index (χ1n) is 6.52. The van der Waals surface area contributed by atoms with Gasteiger partial charge >= 0.3 is 5.97 Å². The van der Waals surface area contributed by atoms with Gasteiger partial charge in [-0.3, -0.25) is 4.79 Å². The van der Waals surface area contributed by atoms with Gasteiger partial charge in [0.15, 0.2) is 5.65 Å². The molecule has 2 heterocycles. The molecule has 5 nitrogen and oxygen atoms in total. The summed E-state index contributed by atoms with van der Waals surface area (Å²) in [7, 11) is 0. The van der Waals surface area contributed by atoms with Crippen LogP contribution in [0.1, 0.15) is 38.1 Å². The van der Waals surface area contributed by atoms with Crippen molar-refractivity contribution in [1.82, 2.24) is 15.0 Å². The number of carbonyl (C=O) groups is 1. The van der Waals surface area contributed by atoms with Crippen LogP contribution in [0.2, 0.25) is 0 Å². The van der Waals surface area contributed by atoms with E-state index in [1.54, 1.807) is 13.1 Å². The molecule has 0 amide bonds. The molecule has 0 aliphatic carbocycles. The van der Waals surface area contributed by atoms with Crippen LogP contribution in [0.25, 0.3) is 11.2 Å². The van der Waals surface area contributed by atoms with Crippen LogP contribution in [0, 0.1) is 12.8 Å². The molecule has 5 heteroatoms. The highest BCUT2D eigenvalue weighted by atomic mass is 16.5. The van der Waals surface area contributed by atoms with Crippen molar-refractivity contribution in [3.05, 3.63) is 23.7 Å². The summed E-state index contributed by atoms with van der Waals surface area (Å²) in [5.41, 5.74) is 2.59. The molecule has 1 atom stereocenters. The van der Waals surface area contributed by atoms with Gasteiger partial charge in [-0.1, -0.05) is 13.8 Å². The zero-order valence-electron chi connectivity index (χ0n) is 11.7. The number of rotatable bonds is 4. The van der Waals surface area contributed by atoms with E-state index >= 15 is 0 Å². The van der Waals surface area contributed by atoms with Gasteiger partial charge in [-0.2, -0.15) is 0 Å². The third kappa shape index (κ3) is 2.59. The summed E-state index contributed by atoms with van der Waals surface area (Å²) >= 11 is 0. The smallest absolute Gasteiger partial charge is 0.316 e. The van der Waals surface area contributed by atoms with E-state index in [1.165, 1.54) is 0 Å². The number of pyridine rings is 1. The van der Waals surface area contributed by atoms with Gasteiger partial charge in [0.05, 0.1) is 12.1 Å². The van der Waals surface area contributed by atoms with E-state index in [0.717, 1.165) is 11.1 Å². The number of imidazole rings is 1. The van der Waals surface area contributed by atoms with Gasteiger partial charge in [0.25, 0.3) is 0 Å². The van der Waals surface area contributed by atoms with Gasteiger partial charge < -0.3 is 9.72 Å². The van der Waals surface area contributed by atoms with Crippen LogP contribution in [0.5, 0.6) is 0 Å². The van der Waals surface area contributed by atoms with Crippen molar-refractivity contribution in [2.45, 2.75) is 33.6 Å². The fraction of sp³-hybridized carbons (Fsp3) is 0.500. The fourth-order valence-electron chi connectivity index (χ4n) is 2.13. The number of nitrogens with zero attached hydrogens (tertiary/aromatic N) is 2. The largest absolute Gasteiger partial charge is 0.465 e. The second-order valence-corrected chi connectivity index (χ2v) is 4.92. The van der Waals surface area contributed by atoms with Crippen LogP contribution in [0.4, 0.5) is 0 Å². The zero-order chi connectivity index (χ0) is 14.0. The van der Waals surface area contributed by atoms with Gasteiger partial charge in [0, 0.05) is 6.20 Å². The summed E-state index contributed by atoms with van der Waals surface area (Å²) in [6.07, 6.45) is 1.72. The minimum absolute atomic E-state index is 0.111. The number of fused-ring (bicyclic) bond motifs is 1. The Morgan fingerprint density at radius 2 is 2.21 bits per heavy atom. The first-order valence-corrected chi connectivity index (χ1v) is 6.52. The lowest BCUT2D eigenvalue weighted by atomic mass is 9.95. The van der Waals surface area contributed by atoms with Crippen molar-refractivity contribution in [2.75, 3.05) is 6.61 Å². The maximum atomic E-state index is 12.0. The molecule has 2 aromatic heterocycles. The number of ether oxygens (including phenoxy) is 1. The zero-order valence-corrected chi connectivity index (χ0v) is 11.7. The summed E-state index contributed by atoms with van der Waals surface area (Å²) in [4.78, 5) is 23.9. The number of hydrogen-bond donors (Lipinski definition) is 1. The summed E-state index contributed by atoms with van der Waals surface area (Å²) in [5, 5.41) is 0. The monoisotopic (exact) mass is 261 g/mol. The molecule has 2 aromatic rings. The first-order chi connectivity index (χ1) is 9.04. The Hall–Kier alpha value is -1.91. The highest BCUT2D eigenvalue weighted by Gasteiger charge is 2.29. The fourth-order valence-corrected chi connectivity index (χ4v) is 2.13. The van der Waals surface area contributed by atoms with Crippen LogP contribution in [-0.4, -0.2) is 27.5 Å². The average molecular weight is 261 g/mol. The van der Waals surface area contributed by atoms with E-state index < -0.39 is 0 Å². The van der Waals surface area contributed by atoms with Crippen molar-refractivity contribution < 1.29 is 9.53 Å². The van der Waals surface area contributed by atoms with E-state index in [1.807, 2.05) is 26.8 Å². The second kappa shape index (κ2) is 5.38. The highest BCUT2D eigenvalue weighted by Crippen LogP contribution is 2.26. The van der Waals surface area contributed by atoms with Crippen molar-refractivity contribution in [3.8, 4) is 0 Å². The minimum Gasteiger partial charge on any atom is -0.465 e. The molecule has 1 N–H and O–H groups in total. The SMILES string of the molecule is CCOC(=O)C(c1nc2nccc(C)c2[nH]1)C(C)C. The molecule has 2 rings (SSSR count). The summed E-state index contributed by atoms with van der Waals surface area (Å²) in [6.45, 7) is 8.13. The van der Waals surface area contributed by atoms with Gasteiger partial charge in [-0.25, -0.2) is 9.97 Å². The number of nitrogens with one attached hydrogen (secondary N) is 1. The lowest BCUT2D eigenvalue weighted by Gasteiger charge is -2.16. The van der Waals surface area contributed by atoms with E-state index in [4.69, 9.17) is 4.74 Å². The summed E-state index contributed by atoms with van der Waals surface area (Å²) in [5.74, 6) is 0.118. The first kappa shape index (κ1) is 13.5. The van der Waals surface area contributed by atoms with Crippen molar-refractivity contribution >= 4 is 17.1 Å². The maximum absolute atomic E-state index is 12.0. The molecule has 0 radical (unpaired) electrons. The van der Waals surface area contributed by atoms with Crippen LogP contribution in [-0.2, 0) is 9.53 Å². The number of aromatic amines is 1. The lowest BCUT2D eigenvalue weighted by molar-refractivity contribution is -0.146. The molecule has 0 aliphatic rings. The highest BCUT2D eigenvalue weighted by molar-refractivity contribution is 5.80. The third-order valence-corrected chi connectivity index (χ3v) is 3.12. The Kier molecular flexibility index (Phi) is 3.83. The second-order valence-electron chi connectivity index (χ2n) is 4.92. The number of H-pyrrole nitrogens is 1. The number of hydrogen-bond acceptors (Lipinski definition) is 4. The van der Waals surface area contributed by atoms with E-state index in [-0.39, 0.29) is 17.8 Å². The van der Waals surface area contributed by atoms with E-state index in [2.05, 4.69) is 15.0 Å². The molecule has 0 fully saturated rings. The van der Waals surface area contributed by atoms with Gasteiger partial charge in [0.2, 0.25) is 0 Å². The van der Waals surface area contributed by atoms with Gasteiger partial charge in [-0.05, 0) is 31.4 Å². The molecule has 102 valence electrons. The Balaban J connectivity index is 2.45. The molecule has 0 saturated heterocycles. The lowest BCUT2D eigenvalue weighted by Crippen LogP contribution is -2.22. The van der Waals surface area contributed by atoms with E-state index in [0.29, 0.717) is 18.1 Å². The van der Waals surface area contributed by atoms with Crippen LogP contribution in [0.3, 0.4) is 0 Å². The number of esters is 1. The normalized spacial score (nSPS) is 12.9. The maximum Gasteiger partial charge on any atom is 0.316 e. The number of aryl methyl sites for hydroxylation is 1. The molecule has 1 unspecified atom stereocenters. The predicted molar refractivity (Wildman–Crippen MR) is 72.8 cm³/mol. The Labute approximate surface area is 112 Å². The minimum atomic E-state index is -0.381. The molecule has 0 spiro atoms. The van der Waals surface area contributed by atoms with E-state index in [9.17, 15) is 4.79 Å². The molecular weight excluding hydrogens is 242 g/mol. The third-order valence-electron chi connectivity index (χ3n) is 3.12. The van der Waals surface area contributed by atoms with Crippen LogP contribution >= 0.6 is 0 Å². The van der Waals surface area contributed by atoms with Crippen LogP contribution in [0.15, 0.2) is 12.3 Å². The summed E-state index contributed by atoms with van der Waals surface area (Å²) < 4.78 is 5.13. The average Bonchev–Trinajstić information content (AvgIpc) is 2.74. The Morgan fingerprint density at radius 3 is 2.79 bits per heavy atom. The molecule has 0 aliphatic heterocycles. The summed E-state index contributed by atoms with van der Waals surface area (Å²) in [6, 6.07) is 1.92. The van der Waals surface area contributed by atoms with Gasteiger partial charge in [0.1, 0.15) is 11.7 Å². The Bertz CT molecular complexity index is 589. The van der Waals surface area contributed by atoms with Crippen LogP contribution < -0.4 is 0 Å². The van der Waals surface area contributed by atoms with Crippen molar-refractivity contribution in [2.24, 2.45) is 5.92 Å². The quantitative estimate of drug-likeness (QED) is 0.859. The standard InChI is InChI=1S/C14H19N3O2/c1-5-19-14(18)10(8(2)3)12-16-11-9(4)6-7-15-13(11)17-12/h6-8,10H,5H2,1-4H3,(H,15,16,17). The van der Waals surface area contributed by atoms with Gasteiger partial charge in [-0.15, -0.1) is 0 Å². The topological polar surface area (TPSA) is 67.9 Å². The molecule has 0 aromatic carbocycles. The molecular formula is C14H19N3O2. The molecule has 0 bridgehead atoms. The Morgan fingerprint density at radius 1 is 1.47 bits per heavy atom. The van der Waals surface area contributed by atoms with Crippen molar-refractivity contribution in [3.63, 3.8) is 0 Å². The molecule has 19 heavy (non-hydrogen) atoms. The predicted octanol–water partition coefficient (Wildman–Crippen LogP) is 2.57.